The molecule has 162 valence electrons. The van der Waals surface area contributed by atoms with E-state index in [9.17, 15) is 4.79 Å². The van der Waals surface area contributed by atoms with Gasteiger partial charge in [0.05, 0.1) is 27.1 Å². The van der Waals surface area contributed by atoms with Gasteiger partial charge < -0.3 is 19.5 Å². The lowest BCUT2D eigenvalue weighted by molar-refractivity contribution is -0.113. The number of nitrogens with one attached hydrogen (secondary N) is 1. The van der Waals surface area contributed by atoms with E-state index >= 15 is 0 Å². The van der Waals surface area contributed by atoms with E-state index in [2.05, 4.69) is 15.3 Å². The molecule has 0 aliphatic rings. The first-order chi connectivity index (χ1) is 14.9. The Labute approximate surface area is 190 Å². The first-order valence-electron chi connectivity index (χ1n) is 9.27. The second kappa shape index (κ2) is 10.4. The summed E-state index contributed by atoms with van der Waals surface area (Å²) < 4.78 is 15.9. The smallest absolute Gasteiger partial charge is 0.234 e. The molecule has 0 saturated carbocycles. The molecule has 0 spiro atoms. The van der Waals surface area contributed by atoms with Gasteiger partial charge in [0.1, 0.15) is 5.03 Å². The Morgan fingerprint density at radius 1 is 1.00 bits per heavy atom. The van der Waals surface area contributed by atoms with E-state index in [1.165, 1.54) is 33.1 Å². The number of anilines is 1. The number of amides is 1. The predicted molar refractivity (Wildman–Crippen MR) is 123 cm³/mol. The van der Waals surface area contributed by atoms with Crippen LogP contribution in [0.5, 0.6) is 17.2 Å². The van der Waals surface area contributed by atoms with Gasteiger partial charge >= 0.3 is 0 Å². The highest BCUT2D eigenvalue weighted by molar-refractivity contribution is 7.99. The molecule has 1 aromatic heterocycles. The number of benzene rings is 2. The minimum absolute atomic E-state index is 0.174. The highest BCUT2D eigenvalue weighted by Gasteiger charge is 2.15. The van der Waals surface area contributed by atoms with Crippen LogP contribution >= 0.6 is 23.4 Å². The number of carbonyl (C=O) groups is 1. The average molecular weight is 460 g/mol. The number of hydrogen-bond acceptors (Lipinski definition) is 7. The van der Waals surface area contributed by atoms with Gasteiger partial charge in [0.15, 0.2) is 17.3 Å². The fourth-order valence-corrected chi connectivity index (χ4v) is 3.71. The molecule has 0 atom stereocenters. The van der Waals surface area contributed by atoms with E-state index < -0.39 is 0 Å². The molecular formula is C22H22ClN3O4S. The minimum Gasteiger partial charge on any atom is -0.493 e. The van der Waals surface area contributed by atoms with Gasteiger partial charge in [0.2, 0.25) is 11.7 Å². The van der Waals surface area contributed by atoms with Crippen LogP contribution in [0.3, 0.4) is 0 Å². The molecule has 0 radical (unpaired) electrons. The Hall–Kier alpha value is -2.97. The van der Waals surface area contributed by atoms with Crippen molar-refractivity contribution < 1.29 is 19.0 Å². The van der Waals surface area contributed by atoms with Crippen molar-refractivity contribution in [2.24, 2.45) is 0 Å². The van der Waals surface area contributed by atoms with Crippen molar-refractivity contribution in [3.05, 3.63) is 53.2 Å². The van der Waals surface area contributed by atoms with Gasteiger partial charge in [-0.1, -0.05) is 23.4 Å². The fourth-order valence-electron chi connectivity index (χ4n) is 2.83. The van der Waals surface area contributed by atoms with Crippen LogP contribution in [0.4, 0.5) is 5.69 Å². The van der Waals surface area contributed by atoms with Crippen LogP contribution in [0.2, 0.25) is 5.02 Å². The molecule has 0 aliphatic carbocycles. The number of thioether (sulfide) groups is 1. The zero-order valence-electron chi connectivity index (χ0n) is 17.6. The van der Waals surface area contributed by atoms with Crippen molar-refractivity contribution in [1.29, 1.82) is 0 Å². The molecule has 1 amide bonds. The monoisotopic (exact) mass is 459 g/mol. The number of hydrogen-bond donors (Lipinski definition) is 1. The summed E-state index contributed by atoms with van der Waals surface area (Å²) >= 11 is 7.28. The summed E-state index contributed by atoms with van der Waals surface area (Å²) in [5, 5.41) is 4.20. The predicted octanol–water partition coefficient (Wildman–Crippen LogP) is 4.86. The summed E-state index contributed by atoms with van der Waals surface area (Å²) in [5.41, 5.74) is 2.21. The van der Waals surface area contributed by atoms with Crippen LogP contribution in [-0.4, -0.2) is 43.0 Å². The number of halogens is 1. The fraction of sp³-hybridized carbons (Fsp3) is 0.227. The van der Waals surface area contributed by atoms with Crippen molar-refractivity contribution in [1.82, 2.24) is 9.97 Å². The summed E-state index contributed by atoms with van der Waals surface area (Å²) in [5.74, 6) is 1.96. The lowest BCUT2D eigenvalue weighted by Crippen LogP contribution is -2.14. The zero-order valence-corrected chi connectivity index (χ0v) is 19.1. The maximum atomic E-state index is 12.5. The van der Waals surface area contributed by atoms with Gasteiger partial charge in [0, 0.05) is 34.1 Å². The molecule has 3 aromatic rings. The molecule has 0 fully saturated rings. The Bertz CT molecular complexity index is 1050. The second-order valence-electron chi connectivity index (χ2n) is 6.43. The summed E-state index contributed by atoms with van der Waals surface area (Å²) in [6.45, 7) is 1.89. The standard InChI is InChI=1S/C22H22ClN3O4S/c1-13-9-20(26-22(24-13)14-5-7-15(23)8-6-14)31-12-19(27)25-16-10-17(28-2)21(30-4)18(11-16)29-3/h5-11H,12H2,1-4H3,(H,25,27). The second-order valence-corrected chi connectivity index (χ2v) is 7.86. The Balaban J connectivity index is 1.71. The number of ether oxygens (including phenoxy) is 3. The normalized spacial score (nSPS) is 10.5. The van der Waals surface area contributed by atoms with Gasteiger partial charge in [-0.3, -0.25) is 4.79 Å². The van der Waals surface area contributed by atoms with Gasteiger partial charge in [-0.05, 0) is 37.3 Å². The van der Waals surface area contributed by atoms with Crippen LogP contribution in [0.25, 0.3) is 11.4 Å². The quantitative estimate of drug-likeness (QED) is 0.380. The van der Waals surface area contributed by atoms with E-state index in [0.717, 1.165) is 11.3 Å². The number of nitrogens with zero attached hydrogens (tertiary/aromatic N) is 2. The molecule has 0 unspecified atom stereocenters. The largest absolute Gasteiger partial charge is 0.493 e. The van der Waals surface area contributed by atoms with Gasteiger partial charge in [-0.2, -0.15) is 0 Å². The molecule has 0 saturated heterocycles. The third-order valence-corrected chi connectivity index (χ3v) is 5.40. The van der Waals surface area contributed by atoms with Gasteiger partial charge in [0.25, 0.3) is 0 Å². The van der Waals surface area contributed by atoms with E-state index in [0.29, 0.717) is 38.8 Å². The van der Waals surface area contributed by atoms with Crippen molar-refractivity contribution in [3.63, 3.8) is 0 Å². The average Bonchev–Trinajstić information content (AvgIpc) is 2.77. The molecule has 2 aromatic carbocycles. The van der Waals surface area contributed by atoms with Crippen LogP contribution in [0, 0.1) is 6.92 Å². The molecule has 0 aliphatic heterocycles. The molecule has 1 N–H and O–H groups in total. The first kappa shape index (κ1) is 22.7. The van der Waals surface area contributed by atoms with Crippen LogP contribution < -0.4 is 19.5 Å². The van der Waals surface area contributed by atoms with Crippen molar-refractivity contribution >= 4 is 35.0 Å². The number of rotatable bonds is 8. The molecule has 7 nitrogen and oxygen atoms in total. The highest BCUT2D eigenvalue weighted by Crippen LogP contribution is 2.40. The van der Waals surface area contributed by atoms with E-state index in [1.807, 2.05) is 25.1 Å². The molecule has 3 rings (SSSR count). The maximum Gasteiger partial charge on any atom is 0.234 e. The van der Waals surface area contributed by atoms with Crippen LogP contribution in [-0.2, 0) is 4.79 Å². The topological polar surface area (TPSA) is 82.6 Å². The number of aryl methyl sites for hydroxylation is 1. The number of methoxy groups -OCH3 is 3. The van der Waals surface area contributed by atoms with Crippen molar-refractivity contribution in [2.45, 2.75) is 11.9 Å². The van der Waals surface area contributed by atoms with E-state index in [1.54, 1.807) is 24.3 Å². The molecular weight excluding hydrogens is 438 g/mol. The lowest BCUT2D eigenvalue weighted by Gasteiger charge is -2.14. The maximum absolute atomic E-state index is 12.5. The van der Waals surface area contributed by atoms with E-state index in [4.69, 9.17) is 25.8 Å². The highest BCUT2D eigenvalue weighted by atomic mass is 35.5. The van der Waals surface area contributed by atoms with Crippen LogP contribution in [0.1, 0.15) is 5.69 Å². The molecule has 0 bridgehead atoms. The minimum atomic E-state index is -0.191. The number of aromatic nitrogens is 2. The summed E-state index contributed by atoms with van der Waals surface area (Å²) in [6.07, 6.45) is 0. The Morgan fingerprint density at radius 3 is 2.23 bits per heavy atom. The van der Waals surface area contributed by atoms with E-state index in [-0.39, 0.29) is 11.7 Å². The molecule has 1 heterocycles. The summed E-state index contributed by atoms with van der Waals surface area (Å²) in [4.78, 5) is 21.6. The zero-order chi connectivity index (χ0) is 22.4. The first-order valence-corrected chi connectivity index (χ1v) is 10.6. The third kappa shape index (κ3) is 5.80. The summed E-state index contributed by atoms with van der Waals surface area (Å²) in [6, 6.07) is 12.5. The number of carbonyl (C=O) groups excluding carboxylic acids is 1. The van der Waals surface area contributed by atoms with Gasteiger partial charge in [-0.25, -0.2) is 9.97 Å². The third-order valence-electron chi connectivity index (χ3n) is 4.23. The molecule has 31 heavy (non-hydrogen) atoms. The van der Waals surface area contributed by atoms with Gasteiger partial charge in [-0.15, -0.1) is 0 Å². The Morgan fingerprint density at radius 2 is 1.65 bits per heavy atom. The SMILES string of the molecule is COc1cc(NC(=O)CSc2cc(C)nc(-c3ccc(Cl)cc3)n2)cc(OC)c1OC. The van der Waals surface area contributed by atoms with Crippen molar-refractivity contribution in [2.75, 3.05) is 32.4 Å². The van der Waals surface area contributed by atoms with Crippen LogP contribution in [0.15, 0.2) is 47.5 Å². The van der Waals surface area contributed by atoms with Crippen molar-refractivity contribution in [3.8, 4) is 28.6 Å². The Kier molecular flexibility index (Phi) is 7.59. The molecule has 9 heteroatoms. The lowest BCUT2D eigenvalue weighted by atomic mass is 10.2. The summed E-state index contributed by atoms with van der Waals surface area (Å²) in [7, 11) is 4.57.